The van der Waals surface area contributed by atoms with Gasteiger partial charge >= 0.3 is 0 Å². The van der Waals surface area contributed by atoms with E-state index in [9.17, 15) is 4.79 Å². The van der Waals surface area contributed by atoms with Crippen LogP contribution in [-0.4, -0.2) is 55.6 Å². The quantitative estimate of drug-likeness (QED) is 0.164. The SMILES string of the molecule is C=CCN(C(=O)/C(=C\C)Oc1ccc(C2CC2)cc1)C1CCC(OCCOC2CCCCO2)CC1. The van der Waals surface area contributed by atoms with Crippen LogP contribution in [0.1, 0.15) is 76.2 Å². The molecule has 1 heterocycles. The minimum Gasteiger partial charge on any atom is -0.452 e. The van der Waals surface area contributed by atoms with Gasteiger partial charge in [-0.2, -0.15) is 0 Å². The lowest BCUT2D eigenvalue weighted by atomic mass is 9.91. The molecule has 6 nitrogen and oxygen atoms in total. The van der Waals surface area contributed by atoms with E-state index in [4.69, 9.17) is 18.9 Å². The van der Waals surface area contributed by atoms with Crippen molar-refractivity contribution in [2.75, 3.05) is 26.4 Å². The van der Waals surface area contributed by atoms with E-state index in [-0.39, 0.29) is 24.3 Å². The molecule has 0 bridgehead atoms. The second kappa shape index (κ2) is 13.2. The largest absolute Gasteiger partial charge is 0.452 e. The third kappa shape index (κ3) is 7.66. The van der Waals surface area contributed by atoms with E-state index in [0.717, 1.165) is 45.1 Å². The zero-order valence-corrected chi connectivity index (χ0v) is 21.2. The lowest BCUT2D eigenvalue weighted by Gasteiger charge is -2.36. The van der Waals surface area contributed by atoms with Crippen LogP contribution in [0.3, 0.4) is 0 Å². The molecule has 0 radical (unpaired) electrons. The van der Waals surface area contributed by atoms with Gasteiger partial charge in [-0.3, -0.25) is 4.79 Å². The molecule has 192 valence electrons. The summed E-state index contributed by atoms with van der Waals surface area (Å²) in [6.07, 6.45) is 13.2. The van der Waals surface area contributed by atoms with Gasteiger partial charge in [0.05, 0.1) is 19.3 Å². The molecule has 2 aliphatic carbocycles. The zero-order chi connectivity index (χ0) is 24.5. The second-order valence-electron chi connectivity index (χ2n) is 9.81. The number of hydrogen-bond acceptors (Lipinski definition) is 5. The Hall–Kier alpha value is -2.15. The zero-order valence-electron chi connectivity index (χ0n) is 21.2. The smallest absolute Gasteiger partial charge is 0.289 e. The normalized spacial score (nSPS) is 25.2. The van der Waals surface area contributed by atoms with E-state index in [1.165, 1.54) is 24.8 Å². The van der Waals surface area contributed by atoms with Crippen molar-refractivity contribution in [1.82, 2.24) is 4.90 Å². The molecule has 1 atom stereocenters. The van der Waals surface area contributed by atoms with Crippen molar-refractivity contribution in [3.63, 3.8) is 0 Å². The number of carbonyl (C=O) groups excluding carboxylic acids is 1. The number of allylic oxidation sites excluding steroid dienone is 1. The van der Waals surface area contributed by atoms with Gasteiger partial charge in [0.1, 0.15) is 5.75 Å². The van der Waals surface area contributed by atoms with Crippen LogP contribution >= 0.6 is 0 Å². The summed E-state index contributed by atoms with van der Waals surface area (Å²) in [7, 11) is 0. The lowest BCUT2D eigenvalue weighted by molar-refractivity contribution is -0.172. The van der Waals surface area contributed by atoms with Crippen molar-refractivity contribution < 1.29 is 23.7 Å². The van der Waals surface area contributed by atoms with Gasteiger partial charge in [-0.1, -0.05) is 18.2 Å². The van der Waals surface area contributed by atoms with Crippen molar-refractivity contribution in [2.45, 2.75) is 89.1 Å². The fourth-order valence-corrected chi connectivity index (χ4v) is 5.02. The first-order valence-corrected chi connectivity index (χ1v) is 13.4. The number of hydrogen-bond donors (Lipinski definition) is 0. The summed E-state index contributed by atoms with van der Waals surface area (Å²) < 4.78 is 23.5. The maximum atomic E-state index is 13.4. The van der Waals surface area contributed by atoms with Gasteiger partial charge in [0.25, 0.3) is 5.91 Å². The monoisotopic (exact) mass is 483 g/mol. The summed E-state index contributed by atoms with van der Waals surface area (Å²) in [5.41, 5.74) is 1.35. The van der Waals surface area contributed by atoms with Crippen LogP contribution in [0.15, 0.2) is 48.8 Å². The molecule has 1 aromatic rings. The predicted molar refractivity (Wildman–Crippen MR) is 136 cm³/mol. The Morgan fingerprint density at radius 1 is 1.03 bits per heavy atom. The number of carbonyl (C=O) groups is 1. The standard InChI is InChI=1S/C29H41NO5/c1-3-18-30(29(31)27(4-2)35-26-14-10-23(11-15-26)22-8-9-22)24-12-16-25(17-13-24)32-20-21-34-28-7-5-6-19-33-28/h3-4,10-11,14-15,22,24-25,28H,1,5-9,12-13,16-21H2,2H3/b27-4+. The summed E-state index contributed by atoms with van der Waals surface area (Å²) in [5.74, 6) is 1.69. The minimum atomic E-state index is -0.0797. The molecule has 0 aromatic heterocycles. The molecule has 0 spiro atoms. The number of amides is 1. The average Bonchev–Trinajstić information content (AvgIpc) is 3.75. The van der Waals surface area contributed by atoms with Gasteiger partial charge < -0.3 is 23.8 Å². The topological polar surface area (TPSA) is 57.2 Å². The molecule has 1 aromatic carbocycles. The minimum absolute atomic E-state index is 0.0688. The van der Waals surface area contributed by atoms with Crippen molar-refractivity contribution in [3.05, 3.63) is 54.3 Å². The summed E-state index contributed by atoms with van der Waals surface area (Å²) >= 11 is 0. The van der Waals surface area contributed by atoms with E-state index < -0.39 is 0 Å². The van der Waals surface area contributed by atoms with Crippen LogP contribution in [0.2, 0.25) is 0 Å². The van der Waals surface area contributed by atoms with E-state index in [0.29, 0.717) is 37.2 Å². The molecule has 2 saturated carbocycles. The van der Waals surface area contributed by atoms with Crippen LogP contribution in [0.4, 0.5) is 0 Å². The number of ether oxygens (including phenoxy) is 4. The number of nitrogens with zero attached hydrogens (tertiary/aromatic N) is 1. The van der Waals surface area contributed by atoms with Crippen molar-refractivity contribution >= 4 is 5.91 Å². The fourth-order valence-electron chi connectivity index (χ4n) is 5.02. The first-order valence-electron chi connectivity index (χ1n) is 13.4. The van der Waals surface area contributed by atoms with Crippen LogP contribution in [0.25, 0.3) is 0 Å². The molecule has 3 aliphatic rings. The van der Waals surface area contributed by atoms with E-state index in [1.54, 1.807) is 12.2 Å². The van der Waals surface area contributed by atoms with Crippen molar-refractivity contribution in [3.8, 4) is 5.75 Å². The summed E-state index contributed by atoms with van der Waals surface area (Å²) in [4.78, 5) is 15.3. The molecule has 35 heavy (non-hydrogen) atoms. The summed E-state index contributed by atoms with van der Waals surface area (Å²) in [5, 5.41) is 0. The molecular weight excluding hydrogens is 442 g/mol. The van der Waals surface area contributed by atoms with E-state index in [1.807, 2.05) is 24.0 Å². The molecule has 0 N–H and O–H groups in total. The maximum absolute atomic E-state index is 13.4. The Morgan fingerprint density at radius 2 is 1.77 bits per heavy atom. The van der Waals surface area contributed by atoms with E-state index >= 15 is 0 Å². The Morgan fingerprint density at radius 3 is 2.40 bits per heavy atom. The van der Waals surface area contributed by atoms with Crippen LogP contribution in [0, 0.1) is 0 Å². The van der Waals surface area contributed by atoms with E-state index in [2.05, 4.69) is 18.7 Å². The Balaban J connectivity index is 1.23. The van der Waals surface area contributed by atoms with Gasteiger partial charge in [0, 0.05) is 19.2 Å². The first kappa shape index (κ1) is 25.9. The average molecular weight is 484 g/mol. The highest BCUT2D eigenvalue weighted by atomic mass is 16.7. The predicted octanol–water partition coefficient (Wildman–Crippen LogP) is 5.73. The highest BCUT2D eigenvalue weighted by Gasteiger charge is 2.31. The molecular formula is C29H41NO5. The van der Waals surface area contributed by atoms with Gasteiger partial charge in [-0.15, -0.1) is 6.58 Å². The summed E-state index contributed by atoms with van der Waals surface area (Å²) in [6.45, 7) is 8.18. The van der Waals surface area contributed by atoms with Crippen LogP contribution in [-0.2, 0) is 19.0 Å². The molecule has 6 heteroatoms. The first-order chi connectivity index (χ1) is 17.2. The number of benzene rings is 1. The third-order valence-corrected chi connectivity index (χ3v) is 7.18. The van der Waals surface area contributed by atoms with Gasteiger partial charge in [-0.05, 0) is 94.4 Å². The highest BCUT2D eigenvalue weighted by Crippen LogP contribution is 2.40. The number of rotatable bonds is 12. The van der Waals surface area contributed by atoms with Crippen LogP contribution < -0.4 is 4.74 Å². The highest BCUT2D eigenvalue weighted by molar-refractivity contribution is 5.92. The lowest BCUT2D eigenvalue weighted by Crippen LogP contribution is -2.44. The molecule has 1 aliphatic heterocycles. The maximum Gasteiger partial charge on any atom is 0.289 e. The molecule has 1 saturated heterocycles. The van der Waals surface area contributed by atoms with Crippen molar-refractivity contribution in [2.24, 2.45) is 0 Å². The van der Waals surface area contributed by atoms with Gasteiger partial charge in [-0.25, -0.2) is 0 Å². The van der Waals surface area contributed by atoms with Crippen LogP contribution in [0.5, 0.6) is 5.75 Å². The Labute approximate surface area is 210 Å². The second-order valence-corrected chi connectivity index (χ2v) is 9.81. The molecule has 4 rings (SSSR count). The third-order valence-electron chi connectivity index (χ3n) is 7.18. The Kier molecular flexibility index (Phi) is 9.81. The Bertz CT molecular complexity index is 833. The van der Waals surface area contributed by atoms with Gasteiger partial charge in [0.15, 0.2) is 12.0 Å². The fraction of sp³-hybridized carbons (Fsp3) is 0.621. The molecule has 3 fully saturated rings. The molecule has 1 amide bonds. The van der Waals surface area contributed by atoms with Gasteiger partial charge in [0.2, 0.25) is 0 Å². The molecule has 1 unspecified atom stereocenters. The van der Waals surface area contributed by atoms with Crippen molar-refractivity contribution in [1.29, 1.82) is 0 Å². The summed E-state index contributed by atoms with van der Waals surface area (Å²) in [6, 6.07) is 8.31.